The Hall–Kier alpha value is 0.210. The number of alkyl halides is 1. The minimum Gasteiger partial charge on any atom is -0.371 e. The minimum atomic E-state index is 0.0764. The van der Waals surface area contributed by atoms with Crippen molar-refractivity contribution in [1.82, 2.24) is 5.32 Å². The summed E-state index contributed by atoms with van der Waals surface area (Å²) in [6.07, 6.45) is 9.19. The molecule has 2 fully saturated rings. The molecule has 100 valence electrons. The van der Waals surface area contributed by atoms with Crippen LogP contribution in [0.1, 0.15) is 58.8 Å². The smallest absolute Gasteiger partial charge is 0.0708 e. The molecule has 1 saturated heterocycles. The van der Waals surface area contributed by atoms with Crippen molar-refractivity contribution in [3.05, 3.63) is 0 Å². The normalized spacial score (nSPS) is 31.6. The third-order valence-corrected chi connectivity index (χ3v) is 4.84. The summed E-state index contributed by atoms with van der Waals surface area (Å²) in [5.41, 5.74) is 0.267. The Labute approximate surface area is 110 Å². The number of nitrogens with one attached hydrogen (secondary N) is 1. The molecule has 0 aromatic heterocycles. The lowest BCUT2D eigenvalue weighted by molar-refractivity contribution is -0.0176. The topological polar surface area (TPSA) is 21.3 Å². The van der Waals surface area contributed by atoms with Crippen LogP contribution in [0.4, 0.5) is 0 Å². The molecule has 2 aliphatic rings. The van der Waals surface area contributed by atoms with Gasteiger partial charge in [-0.2, -0.15) is 0 Å². The van der Waals surface area contributed by atoms with Crippen molar-refractivity contribution in [1.29, 1.82) is 0 Å². The molecule has 0 amide bonds. The summed E-state index contributed by atoms with van der Waals surface area (Å²) in [6.45, 7) is 5.34. The summed E-state index contributed by atoms with van der Waals surface area (Å²) >= 11 is 6.18. The van der Waals surface area contributed by atoms with Crippen molar-refractivity contribution in [2.45, 2.75) is 76.0 Å². The van der Waals surface area contributed by atoms with Crippen LogP contribution in [0.5, 0.6) is 0 Å². The van der Waals surface area contributed by atoms with Gasteiger partial charge in [-0.15, -0.1) is 11.6 Å². The Balaban J connectivity index is 1.80. The SMILES string of the molecule is CC1(C)CCC(CNC2(CCl)CCCCC2)O1. The zero-order chi connectivity index (χ0) is 12.4. The van der Waals surface area contributed by atoms with Crippen LogP contribution in [-0.4, -0.2) is 29.7 Å². The zero-order valence-electron chi connectivity index (χ0n) is 11.2. The van der Waals surface area contributed by atoms with Crippen molar-refractivity contribution in [3.63, 3.8) is 0 Å². The van der Waals surface area contributed by atoms with E-state index in [-0.39, 0.29) is 11.1 Å². The molecule has 1 atom stereocenters. The van der Waals surface area contributed by atoms with E-state index in [1.165, 1.54) is 44.9 Å². The lowest BCUT2D eigenvalue weighted by atomic mass is 9.83. The second kappa shape index (κ2) is 5.46. The fraction of sp³-hybridized carbons (Fsp3) is 1.00. The first-order chi connectivity index (χ1) is 8.05. The number of halogens is 1. The predicted molar refractivity (Wildman–Crippen MR) is 72.7 cm³/mol. The molecule has 0 radical (unpaired) electrons. The van der Waals surface area contributed by atoms with Crippen molar-refractivity contribution in [3.8, 4) is 0 Å². The van der Waals surface area contributed by atoms with Crippen LogP contribution in [0.2, 0.25) is 0 Å². The maximum atomic E-state index is 6.18. The van der Waals surface area contributed by atoms with Gasteiger partial charge in [0.2, 0.25) is 0 Å². The summed E-state index contributed by atoms with van der Waals surface area (Å²) in [5, 5.41) is 3.71. The van der Waals surface area contributed by atoms with Crippen LogP contribution in [0.25, 0.3) is 0 Å². The molecule has 1 heterocycles. The lowest BCUT2D eigenvalue weighted by Crippen LogP contribution is -2.51. The van der Waals surface area contributed by atoms with E-state index < -0.39 is 0 Å². The molecule has 2 nitrogen and oxygen atoms in total. The third-order valence-electron chi connectivity index (χ3n) is 4.33. The Morgan fingerprint density at radius 3 is 2.41 bits per heavy atom. The number of hydrogen-bond donors (Lipinski definition) is 1. The van der Waals surface area contributed by atoms with E-state index in [0.717, 1.165) is 12.4 Å². The van der Waals surface area contributed by atoms with Gasteiger partial charge in [0.1, 0.15) is 0 Å². The fourth-order valence-electron chi connectivity index (χ4n) is 3.14. The summed E-state index contributed by atoms with van der Waals surface area (Å²) in [7, 11) is 0. The molecule has 17 heavy (non-hydrogen) atoms. The standard InChI is InChI=1S/C14H26ClNO/c1-13(2)9-6-12(17-13)10-16-14(11-15)7-4-3-5-8-14/h12,16H,3-11H2,1-2H3. The molecule has 1 aliphatic heterocycles. The largest absolute Gasteiger partial charge is 0.371 e. The van der Waals surface area contributed by atoms with Crippen LogP contribution < -0.4 is 5.32 Å². The first kappa shape index (κ1) is 13.6. The Morgan fingerprint density at radius 2 is 1.88 bits per heavy atom. The van der Waals surface area contributed by atoms with Crippen LogP contribution in [0, 0.1) is 0 Å². The predicted octanol–water partition coefficient (Wildman–Crippen LogP) is 3.48. The van der Waals surface area contributed by atoms with Crippen molar-refractivity contribution in [2.75, 3.05) is 12.4 Å². The quantitative estimate of drug-likeness (QED) is 0.781. The second-order valence-corrected chi connectivity index (χ2v) is 6.66. The average molecular weight is 260 g/mol. The van der Waals surface area contributed by atoms with Gasteiger partial charge in [0.25, 0.3) is 0 Å². The summed E-state index contributed by atoms with van der Waals surface area (Å²) in [4.78, 5) is 0. The molecule has 0 aromatic rings. The van der Waals surface area contributed by atoms with Gasteiger partial charge in [0.15, 0.2) is 0 Å². The van der Waals surface area contributed by atoms with E-state index in [4.69, 9.17) is 16.3 Å². The molecule has 0 aromatic carbocycles. The Morgan fingerprint density at radius 1 is 1.18 bits per heavy atom. The molecular formula is C14H26ClNO. The van der Waals surface area contributed by atoms with Gasteiger partial charge in [-0.25, -0.2) is 0 Å². The van der Waals surface area contributed by atoms with Gasteiger partial charge in [-0.3, -0.25) is 0 Å². The van der Waals surface area contributed by atoms with E-state index in [1.807, 2.05) is 0 Å². The molecule has 1 aliphatic carbocycles. The van der Waals surface area contributed by atoms with Crippen LogP contribution in [0.3, 0.4) is 0 Å². The third kappa shape index (κ3) is 3.59. The van der Waals surface area contributed by atoms with Crippen molar-refractivity contribution in [2.24, 2.45) is 0 Å². The summed E-state index contributed by atoms with van der Waals surface area (Å²) in [6, 6.07) is 0. The highest BCUT2D eigenvalue weighted by molar-refractivity contribution is 6.18. The van der Waals surface area contributed by atoms with Crippen molar-refractivity contribution < 1.29 is 4.74 Å². The first-order valence-corrected chi connectivity index (χ1v) is 7.58. The van der Waals surface area contributed by atoms with Gasteiger partial charge >= 0.3 is 0 Å². The molecule has 1 saturated carbocycles. The maximum Gasteiger partial charge on any atom is 0.0708 e. The van der Waals surface area contributed by atoms with Gasteiger partial charge in [0.05, 0.1) is 11.7 Å². The summed E-state index contributed by atoms with van der Waals surface area (Å²) < 4.78 is 6.02. The van der Waals surface area contributed by atoms with E-state index in [9.17, 15) is 0 Å². The van der Waals surface area contributed by atoms with Gasteiger partial charge in [-0.1, -0.05) is 19.3 Å². The number of ether oxygens (including phenoxy) is 1. The number of rotatable bonds is 4. The number of hydrogen-bond acceptors (Lipinski definition) is 2. The fourth-order valence-corrected chi connectivity index (χ4v) is 3.50. The van der Waals surface area contributed by atoms with E-state index in [0.29, 0.717) is 6.10 Å². The average Bonchev–Trinajstić information content (AvgIpc) is 2.68. The second-order valence-electron chi connectivity index (χ2n) is 6.39. The molecule has 3 heteroatoms. The Bertz CT molecular complexity index is 249. The Kier molecular flexibility index (Phi) is 4.38. The molecule has 0 spiro atoms. The first-order valence-electron chi connectivity index (χ1n) is 7.04. The van der Waals surface area contributed by atoms with Crippen LogP contribution >= 0.6 is 11.6 Å². The molecular weight excluding hydrogens is 234 g/mol. The highest BCUT2D eigenvalue weighted by Crippen LogP contribution is 2.32. The highest BCUT2D eigenvalue weighted by atomic mass is 35.5. The van der Waals surface area contributed by atoms with E-state index >= 15 is 0 Å². The maximum absolute atomic E-state index is 6.18. The molecule has 2 rings (SSSR count). The summed E-state index contributed by atoms with van der Waals surface area (Å²) in [5.74, 6) is 0.739. The van der Waals surface area contributed by atoms with Crippen LogP contribution in [0.15, 0.2) is 0 Å². The van der Waals surface area contributed by atoms with Crippen LogP contribution in [-0.2, 0) is 4.74 Å². The zero-order valence-corrected chi connectivity index (χ0v) is 12.0. The highest BCUT2D eigenvalue weighted by Gasteiger charge is 2.35. The van der Waals surface area contributed by atoms with E-state index in [2.05, 4.69) is 19.2 Å². The van der Waals surface area contributed by atoms with Gasteiger partial charge in [0, 0.05) is 18.0 Å². The van der Waals surface area contributed by atoms with Gasteiger partial charge < -0.3 is 10.1 Å². The van der Waals surface area contributed by atoms with Crippen molar-refractivity contribution >= 4 is 11.6 Å². The lowest BCUT2D eigenvalue weighted by Gasteiger charge is -2.37. The minimum absolute atomic E-state index is 0.0764. The molecule has 1 unspecified atom stereocenters. The van der Waals surface area contributed by atoms with Gasteiger partial charge in [-0.05, 0) is 39.5 Å². The molecule has 0 bridgehead atoms. The monoisotopic (exact) mass is 259 g/mol. The molecule has 1 N–H and O–H groups in total. The van der Waals surface area contributed by atoms with E-state index in [1.54, 1.807) is 0 Å².